The number of ether oxygens (including phenoxy) is 3. The predicted molar refractivity (Wildman–Crippen MR) is 89.4 cm³/mol. The Morgan fingerprint density at radius 2 is 1.05 bits per heavy atom. The summed E-state index contributed by atoms with van der Waals surface area (Å²) in [6, 6.07) is 0. The van der Waals surface area contributed by atoms with Crippen LogP contribution in [0.4, 0.5) is 0 Å². The lowest BCUT2D eigenvalue weighted by Gasteiger charge is -2.45. The Morgan fingerprint density at radius 3 is 1.52 bits per heavy atom. The zero-order valence-corrected chi connectivity index (χ0v) is 15.3. The van der Waals surface area contributed by atoms with Gasteiger partial charge in [-0.1, -0.05) is 72.1 Å². The van der Waals surface area contributed by atoms with Gasteiger partial charge < -0.3 is 14.2 Å². The first kappa shape index (κ1) is 20.9. The van der Waals surface area contributed by atoms with Crippen LogP contribution in [0, 0.1) is 5.41 Å². The molecule has 0 aliphatic carbocycles. The minimum atomic E-state index is -0.925. The second-order valence-corrected chi connectivity index (χ2v) is 6.35. The van der Waals surface area contributed by atoms with Gasteiger partial charge in [0.25, 0.3) is 5.97 Å². The van der Waals surface area contributed by atoms with E-state index >= 15 is 0 Å². The van der Waals surface area contributed by atoms with Gasteiger partial charge in [0, 0.05) is 26.7 Å². The van der Waals surface area contributed by atoms with Crippen molar-refractivity contribution in [1.29, 1.82) is 0 Å². The van der Waals surface area contributed by atoms with Crippen molar-refractivity contribution in [3.05, 3.63) is 0 Å². The van der Waals surface area contributed by atoms with Crippen LogP contribution in [0.15, 0.2) is 0 Å². The zero-order valence-electron chi connectivity index (χ0n) is 15.3. The van der Waals surface area contributed by atoms with E-state index in [2.05, 4.69) is 20.8 Å². The molecule has 0 amide bonds. The normalized spacial score (nSPS) is 15.1. The highest BCUT2D eigenvalue weighted by Gasteiger charge is 2.49. The molecule has 0 saturated heterocycles. The van der Waals surface area contributed by atoms with Gasteiger partial charge in [-0.2, -0.15) is 0 Å². The number of hydrogen-bond acceptors (Lipinski definition) is 3. The molecule has 0 aliphatic heterocycles. The summed E-state index contributed by atoms with van der Waals surface area (Å²) >= 11 is 0. The highest BCUT2D eigenvalue weighted by molar-refractivity contribution is 4.84. The van der Waals surface area contributed by atoms with Gasteiger partial charge in [-0.05, 0) is 12.8 Å². The lowest BCUT2D eigenvalue weighted by Crippen LogP contribution is -2.51. The van der Waals surface area contributed by atoms with E-state index in [4.69, 9.17) is 14.2 Å². The minimum absolute atomic E-state index is 0.105. The van der Waals surface area contributed by atoms with Crippen LogP contribution in [0.2, 0.25) is 0 Å². The van der Waals surface area contributed by atoms with Crippen LogP contribution in [0.5, 0.6) is 0 Å². The zero-order chi connectivity index (χ0) is 16.2. The third-order valence-corrected chi connectivity index (χ3v) is 4.71. The molecule has 3 nitrogen and oxygen atoms in total. The standard InChI is InChI=1S/C18H38O3/c1-7-9-11-12-13-14-16-17(3,15-10-8-2)18(19-4,20-5)21-6/h7-16H2,1-6H3. The van der Waals surface area contributed by atoms with Crippen molar-refractivity contribution in [1.82, 2.24) is 0 Å². The number of unbranched alkanes of at least 4 members (excludes halogenated alkanes) is 6. The van der Waals surface area contributed by atoms with Crippen molar-refractivity contribution in [2.75, 3.05) is 21.3 Å². The van der Waals surface area contributed by atoms with E-state index in [0.29, 0.717) is 0 Å². The summed E-state index contributed by atoms with van der Waals surface area (Å²) in [6.07, 6.45) is 12.3. The Hall–Kier alpha value is -0.120. The molecule has 0 heterocycles. The summed E-state index contributed by atoms with van der Waals surface area (Å²) in [5, 5.41) is 0. The van der Waals surface area contributed by atoms with Crippen LogP contribution < -0.4 is 0 Å². The van der Waals surface area contributed by atoms with Gasteiger partial charge in [0.05, 0.1) is 0 Å². The Bertz CT molecular complexity index is 230. The minimum Gasteiger partial charge on any atom is -0.330 e. The fourth-order valence-corrected chi connectivity index (χ4v) is 3.28. The van der Waals surface area contributed by atoms with E-state index in [-0.39, 0.29) is 5.41 Å². The van der Waals surface area contributed by atoms with Gasteiger partial charge in [-0.3, -0.25) is 0 Å². The van der Waals surface area contributed by atoms with E-state index in [1.165, 1.54) is 51.4 Å². The largest absolute Gasteiger partial charge is 0.330 e. The van der Waals surface area contributed by atoms with E-state index < -0.39 is 5.97 Å². The van der Waals surface area contributed by atoms with E-state index in [0.717, 1.165) is 12.8 Å². The van der Waals surface area contributed by atoms with Gasteiger partial charge >= 0.3 is 0 Å². The SMILES string of the molecule is CCCCCCCCC(C)(CCCC)C(OC)(OC)OC. The Balaban J connectivity index is 4.59. The molecule has 0 spiro atoms. The Kier molecular flexibility index (Phi) is 11.4. The van der Waals surface area contributed by atoms with Gasteiger partial charge in [0.15, 0.2) is 0 Å². The van der Waals surface area contributed by atoms with Crippen LogP contribution >= 0.6 is 0 Å². The van der Waals surface area contributed by atoms with Gasteiger partial charge in [-0.25, -0.2) is 0 Å². The number of hydrogen-bond donors (Lipinski definition) is 0. The lowest BCUT2D eigenvalue weighted by atomic mass is 9.77. The highest BCUT2D eigenvalue weighted by Crippen LogP contribution is 2.44. The number of rotatable bonds is 14. The molecule has 0 N–H and O–H groups in total. The fourth-order valence-electron chi connectivity index (χ4n) is 3.28. The van der Waals surface area contributed by atoms with Crippen molar-refractivity contribution < 1.29 is 14.2 Å². The molecule has 1 atom stereocenters. The maximum atomic E-state index is 5.65. The summed E-state index contributed by atoms with van der Waals surface area (Å²) in [4.78, 5) is 0. The van der Waals surface area contributed by atoms with E-state index in [1.54, 1.807) is 21.3 Å². The first-order chi connectivity index (χ1) is 10.1. The smallest absolute Gasteiger partial charge is 0.287 e. The maximum absolute atomic E-state index is 5.65. The van der Waals surface area contributed by atoms with Gasteiger partial charge in [0.1, 0.15) is 0 Å². The van der Waals surface area contributed by atoms with Crippen molar-refractivity contribution in [3.8, 4) is 0 Å². The summed E-state index contributed by atoms with van der Waals surface area (Å²) in [5.74, 6) is -0.925. The second-order valence-electron chi connectivity index (χ2n) is 6.35. The molecule has 0 bridgehead atoms. The summed E-state index contributed by atoms with van der Waals surface area (Å²) in [6.45, 7) is 6.72. The first-order valence-electron chi connectivity index (χ1n) is 8.71. The second kappa shape index (κ2) is 11.4. The molecular formula is C18H38O3. The third-order valence-electron chi connectivity index (χ3n) is 4.71. The molecule has 1 unspecified atom stereocenters. The Labute approximate surface area is 132 Å². The fraction of sp³-hybridized carbons (Fsp3) is 1.00. The molecule has 3 heteroatoms. The van der Waals surface area contributed by atoms with Crippen LogP contribution in [-0.2, 0) is 14.2 Å². The quantitative estimate of drug-likeness (QED) is 0.312. The third kappa shape index (κ3) is 6.25. The van der Waals surface area contributed by atoms with Crippen molar-refractivity contribution >= 4 is 0 Å². The van der Waals surface area contributed by atoms with Crippen LogP contribution in [0.25, 0.3) is 0 Å². The van der Waals surface area contributed by atoms with E-state index in [9.17, 15) is 0 Å². The molecule has 0 rings (SSSR count). The Morgan fingerprint density at radius 1 is 0.619 bits per heavy atom. The molecule has 0 aliphatic rings. The van der Waals surface area contributed by atoms with Crippen molar-refractivity contribution in [3.63, 3.8) is 0 Å². The monoisotopic (exact) mass is 302 g/mol. The van der Waals surface area contributed by atoms with Crippen LogP contribution in [0.3, 0.4) is 0 Å². The molecule has 21 heavy (non-hydrogen) atoms. The number of methoxy groups -OCH3 is 3. The average Bonchev–Trinajstić information content (AvgIpc) is 2.51. The van der Waals surface area contributed by atoms with Crippen molar-refractivity contribution in [2.45, 2.75) is 91.0 Å². The maximum Gasteiger partial charge on any atom is 0.287 e. The topological polar surface area (TPSA) is 27.7 Å². The average molecular weight is 302 g/mol. The van der Waals surface area contributed by atoms with Gasteiger partial charge in [-0.15, -0.1) is 0 Å². The van der Waals surface area contributed by atoms with Gasteiger partial charge in [0.2, 0.25) is 0 Å². The molecule has 0 aromatic carbocycles. The molecule has 0 saturated carbocycles. The summed E-state index contributed by atoms with van der Waals surface area (Å²) < 4.78 is 16.9. The molecule has 0 radical (unpaired) electrons. The van der Waals surface area contributed by atoms with Crippen LogP contribution in [0.1, 0.15) is 85.0 Å². The lowest BCUT2D eigenvalue weighted by molar-refractivity contribution is -0.406. The van der Waals surface area contributed by atoms with Crippen LogP contribution in [-0.4, -0.2) is 27.3 Å². The molecule has 128 valence electrons. The highest BCUT2D eigenvalue weighted by atomic mass is 16.9. The molecule has 0 aromatic heterocycles. The summed E-state index contributed by atoms with van der Waals surface area (Å²) in [5.41, 5.74) is -0.105. The predicted octanol–water partition coefficient (Wildman–Crippen LogP) is 5.53. The van der Waals surface area contributed by atoms with E-state index in [1.807, 2.05) is 0 Å². The first-order valence-corrected chi connectivity index (χ1v) is 8.71. The molecule has 0 fully saturated rings. The van der Waals surface area contributed by atoms with Crippen molar-refractivity contribution in [2.24, 2.45) is 5.41 Å². The summed E-state index contributed by atoms with van der Waals surface area (Å²) in [7, 11) is 5.04. The molecule has 0 aromatic rings. The molecular weight excluding hydrogens is 264 g/mol.